The van der Waals surface area contributed by atoms with Crippen LogP contribution in [0.2, 0.25) is 0 Å². The number of ether oxygens (including phenoxy) is 1. The van der Waals surface area contributed by atoms with Gasteiger partial charge in [0.25, 0.3) is 0 Å². The van der Waals surface area contributed by atoms with E-state index in [0.717, 1.165) is 11.4 Å². The van der Waals surface area contributed by atoms with Crippen molar-refractivity contribution < 1.29 is 9.53 Å². The summed E-state index contributed by atoms with van der Waals surface area (Å²) in [6.07, 6.45) is 1.66. The summed E-state index contributed by atoms with van der Waals surface area (Å²) >= 11 is 0. The predicted octanol–water partition coefficient (Wildman–Crippen LogP) is 1.45. The minimum absolute atomic E-state index is 0.0354. The van der Waals surface area contributed by atoms with Gasteiger partial charge in [-0.1, -0.05) is 18.2 Å². The zero-order valence-corrected chi connectivity index (χ0v) is 11.8. The Kier molecular flexibility index (Phi) is 4.47. The number of methoxy groups -OCH3 is 1. The number of carbonyl (C=O) groups is 1. The second-order valence-corrected chi connectivity index (χ2v) is 4.55. The van der Waals surface area contributed by atoms with Gasteiger partial charge in [0, 0.05) is 13.6 Å². The molecule has 0 aliphatic carbocycles. The van der Waals surface area contributed by atoms with Gasteiger partial charge in [-0.05, 0) is 18.6 Å². The Bertz CT molecular complexity index is 594. The Morgan fingerprint density at radius 1 is 1.45 bits per heavy atom. The van der Waals surface area contributed by atoms with E-state index in [1.807, 2.05) is 36.7 Å². The number of nitrogens with one attached hydrogen (secondary N) is 1. The molecular formula is C14H18N4O2. The number of benzene rings is 1. The van der Waals surface area contributed by atoms with Crippen molar-refractivity contribution in [2.24, 2.45) is 7.05 Å². The van der Waals surface area contributed by atoms with Crippen molar-refractivity contribution in [1.82, 2.24) is 20.1 Å². The van der Waals surface area contributed by atoms with Gasteiger partial charge in [0.05, 0.1) is 18.7 Å². The summed E-state index contributed by atoms with van der Waals surface area (Å²) in [5, 5.41) is 11.2. The van der Waals surface area contributed by atoms with Gasteiger partial charge in [0.2, 0.25) is 0 Å². The Morgan fingerprint density at radius 2 is 2.20 bits per heavy atom. The van der Waals surface area contributed by atoms with Gasteiger partial charge in [0.1, 0.15) is 12.2 Å². The molecule has 1 aromatic carbocycles. The number of esters is 1. The summed E-state index contributed by atoms with van der Waals surface area (Å²) in [6.45, 7) is 2.56. The van der Waals surface area contributed by atoms with Crippen LogP contribution in [0.1, 0.15) is 34.7 Å². The highest BCUT2D eigenvalue weighted by molar-refractivity contribution is 5.90. The monoisotopic (exact) mass is 274 g/mol. The lowest BCUT2D eigenvalue weighted by Crippen LogP contribution is -2.22. The number of aryl methyl sites for hydroxylation is 1. The maximum atomic E-state index is 11.7. The smallest absolute Gasteiger partial charge is 0.338 e. The Balaban J connectivity index is 2.08. The van der Waals surface area contributed by atoms with Crippen LogP contribution in [0.3, 0.4) is 0 Å². The zero-order valence-electron chi connectivity index (χ0n) is 11.8. The third-order valence-corrected chi connectivity index (χ3v) is 3.16. The Labute approximate surface area is 117 Å². The molecule has 0 aliphatic heterocycles. The summed E-state index contributed by atoms with van der Waals surface area (Å²) in [5.74, 6) is 0.522. The van der Waals surface area contributed by atoms with Gasteiger partial charge >= 0.3 is 5.97 Å². The van der Waals surface area contributed by atoms with Crippen molar-refractivity contribution in [1.29, 1.82) is 0 Å². The molecule has 0 bridgehead atoms. The maximum absolute atomic E-state index is 11.7. The molecule has 0 aliphatic rings. The van der Waals surface area contributed by atoms with Crippen LogP contribution >= 0.6 is 0 Å². The van der Waals surface area contributed by atoms with Crippen molar-refractivity contribution in [3.8, 4) is 0 Å². The number of rotatable bonds is 5. The SMILES string of the molecule is COC(=O)c1ccccc1CNC(C)c1nncn1C. The highest BCUT2D eigenvalue weighted by atomic mass is 16.5. The van der Waals surface area contributed by atoms with Gasteiger partial charge in [-0.3, -0.25) is 0 Å². The number of nitrogens with zero attached hydrogens (tertiary/aromatic N) is 3. The van der Waals surface area contributed by atoms with E-state index in [9.17, 15) is 4.79 Å². The lowest BCUT2D eigenvalue weighted by atomic mass is 10.1. The second kappa shape index (κ2) is 6.29. The predicted molar refractivity (Wildman–Crippen MR) is 74.0 cm³/mol. The molecule has 1 unspecified atom stereocenters. The molecule has 2 aromatic rings. The zero-order chi connectivity index (χ0) is 14.5. The first-order valence-corrected chi connectivity index (χ1v) is 6.37. The molecule has 6 nitrogen and oxygen atoms in total. The standard InChI is InChI=1S/C14H18N4O2/c1-10(13-17-16-9-18(13)2)15-8-11-6-4-5-7-12(11)14(19)20-3/h4-7,9-10,15H,8H2,1-3H3. The average molecular weight is 274 g/mol. The molecule has 106 valence electrons. The van der Waals surface area contributed by atoms with Gasteiger partial charge in [-0.2, -0.15) is 0 Å². The molecule has 0 amide bonds. The minimum Gasteiger partial charge on any atom is -0.465 e. The first-order chi connectivity index (χ1) is 9.63. The first kappa shape index (κ1) is 14.2. The normalized spacial score (nSPS) is 12.2. The van der Waals surface area contributed by atoms with E-state index < -0.39 is 0 Å². The second-order valence-electron chi connectivity index (χ2n) is 4.55. The molecule has 1 aromatic heterocycles. The fraction of sp³-hybridized carbons (Fsp3) is 0.357. The lowest BCUT2D eigenvalue weighted by molar-refractivity contribution is 0.0599. The maximum Gasteiger partial charge on any atom is 0.338 e. The van der Waals surface area contributed by atoms with Gasteiger partial charge < -0.3 is 14.6 Å². The van der Waals surface area contributed by atoms with Crippen molar-refractivity contribution >= 4 is 5.97 Å². The van der Waals surface area contributed by atoms with Crippen LogP contribution in [0.5, 0.6) is 0 Å². The van der Waals surface area contributed by atoms with E-state index in [4.69, 9.17) is 4.74 Å². The van der Waals surface area contributed by atoms with E-state index in [2.05, 4.69) is 15.5 Å². The fourth-order valence-corrected chi connectivity index (χ4v) is 2.02. The third kappa shape index (κ3) is 3.03. The van der Waals surface area contributed by atoms with Gasteiger partial charge in [-0.15, -0.1) is 10.2 Å². The van der Waals surface area contributed by atoms with Crippen LogP contribution in [0, 0.1) is 0 Å². The van der Waals surface area contributed by atoms with Crippen LogP contribution in [0.25, 0.3) is 0 Å². The van der Waals surface area contributed by atoms with E-state index in [1.54, 1.807) is 12.4 Å². The Hall–Kier alpha value is -2.21. The molecule has 1 heterocycles. The molecular weight excluding hydrogens is 256 g/mol. The molecule has 0 saturated carbocycles. The number of aromatic nitrogens is 3. The lowest BCUT2D eigenvalue weighted by Gasteiger charge is -2.14. The topological polar surface area (TPSA) is 69.0 Å². The molecule has 0 saturated heterocycles. The van der Waals surface area contributed by atoms with Crippen LogP contribution in [-0.4, -0.2) is 27.8 Å². The molecule has 1 N–H and O–H groups in total. The molecule has 6 heteroatoms. The third-order valence-electron chi connectivity index (χ3n) is 3.16. The molecule has 0 fully saturated rings. The van der Waals surface area contributed by atoms with Crippen LogP contribution < -0.4 is 5.32 Å². The van der Waals surface area contributed by atoms with E-state index >= 15 is 0 Å². The largest absolute Gasteiger partial charge is 0.465 e. The molecule has 1 atom stereocenters. The van der Waals surface area contributed by atoms with Crippen molar-refractivity contribution in [2.45, 2.75) is 19.5 Å². The summed E-state index contributed by atoms with van der Waals surface area (Å²) < 4.78 is 6.65. The molecule has 0 radical (unpaired) electrons. The van der Waals surface area contributed by atoms with E-state index in [-0.39, 0.29) is 12.0 Å². The van der Waals surface area contributed by atoms with Gasteiger partial charge in [0.15, 0.2) is 0 Å². The highest BCUT2D eigenvalue weighted by Gasteiger charge is 2.14. The minimum atomic E-state index is -0.325. The van der Waals surface area contributed by atoms with E-state index in [1.165, 1.54) is 7.11 Å². The number of carbonyl (C=O) groups excluding carboxylic acids is 1. The molecule has 20 heavy (non-hydrogen) atoms. The summed E-state index contributed by atoms with van der Waals surface area (Å²) in [5.41, 5.74) is 1.47. The number of hydrogen-bond acceptors (Lipinski definition) is 5. The van der Waals surface area contributed by atoms with E-state index in [0.29, 0.717) is 12.1 Å². The first-order valence-electron chi connectivity index (χ1n) is 6.37. The fourth-order valence-electron chi connectivity index (χ4n) is 2.02. The Morgan fingerprint density at radius 3 is 2.85 bits per heavy atom. The summed E-state index contributed by atoms with van der Waals surface area (Å²) in [4.78, 5) is 11.7. The van der Waals surface area contributed by atoms with Crippen molar-refractivity contribution in [3.05, 3.63) is 47.5 Å². The van der Waals surface area contributed by atoms with Crippen LogP contribution in [-0.2, 0) is 18.3 Å². The van der Waals surface area contributed by atoms with Crippen LogP contribution in [0.4, 0.5) is 0 Å². The summed E-state index contributed by atoms with van der Waals surface area (Å²) in [6, 6.07) is 7.42. The summed E-state index contributed by atoms with van der Waals surface area (Å²) in [7, 11) is 3.28. The van der Waals surface area contributed by atoms with Crippen LogP contribution in [0.15, 0.2) is 30.6 Å². The van der Waals surface area contributed by atoms with Gasteiger partial charge in [-0.25, -0.2) is 4.79 Å². The molecule has 2 rings (SSSR count). The quantitative estimate of drug-likeness (QED) is 0.836. The van der Waals surface area contributed by atoms with Crippen molar-refractivity contribution in [3.63, 3.8) is 0 Å². The average Bonchev–Trinajstić information content (AvgIpc) is 2.90. The highest BCUT2D eigenvalue weighted by Crippen LogP contribution is 2.13. The van der Waals surface area contributed by atoms with Crippen molar-refractivity contribution in [2.75, 3.05) is 7.11 Å². The molecule has 0 spiro atoms. The number of hydrogen-bond donors (Lipinski definition) is 1.